The summed E-state index contributed by atoms with van der Waals surface area (Å²) in [7, 11) is 1.28. The molecule has 2 aromatic heterocycles. The van der Waals surface area contributed by atoms with E-state index in [9.17, 15) is 18.0 Å². The van der Waals surface area contributed by atoms with Crippen molar-refractivity contribution < 1.29 is 36.7 Å². The number of pyridine rings is 1. The van der Waals surface area contributed by atoms with Gasteiger partial charge in [-0.2, -0.15) is 13.2 Å². The lowest BCUT2D eigenvalue weighted by molar-refractivity contribution is -0.143. The molecule has 1 atom stereocenters. The van der Waals surface area contributed by atoms with E-state index >= 15 is 0 Å². The lowest BCUT2D eigenvalue weighted by Gasteiger charge is -2.28. The number of ether oxygens (including phenoxy) is 3. The summed E-state index contributed by atoms with van der Waals surface area (Å²) in [5, 5.41) is 4.90. The van der Waals surface area contributed by atoms with Crippen molar-refractivity contribution in [3.63, 3.8) is 0 Å². The van der Waals surface area contributed by atoms with Crippen molar-refractivity contribution in [2.24, 2.45) is 0 Å². The highest BCUT2D eigenvalue weighted by molar-refractivity contribution is 6.39. The Morgan fingerprint density at radius 3 is 2.52 bits per heavy atom. The number of alkyl halides is 3. The van der Waals surface area contributed by atoms with Crippen molar-refractivity contribution in [3.8, 4) is 22.9 Å². The van der Waals surface area contributed by atoms with Crippen LogP contribution in [0.3, 0.4) is 0 Å². The van der Waals surface area contributed by atoms with Gasteiger partial charge < -0.3 is 18.7 Å². The molecular weight excluding hydrogens is 596 g/mol. The first-order valence-electron chi connectivity index (χ1n) is 13.2. The van der Waals surface area contributed by atoms with Crippen LogP contribution in [-0.2, 0) is 23.9 Å². The molecule has 3 heterocycles. The number of hydrogen-bond donors (Lipinski definition) is 0. The van der Waals surface area contributed by atoms with Crippen LogP contribution in [0.1, 0.15) is 69.8 Å². The molecule has 218 valence electrons. The quantitative estimate of drug-likeness (QED) is 0.192. The standard InChI is InChI=1S/C30H23Cl2F3N2O5/c1-39-29(38)17-8-10-22-16(13-17)7-11-23(41-22)18-9-12-24(36-28(18)30(33,34)35)40-14-19-26(37-42-27(19)15-5-6-15)25-20(31)3-2-4-21(25)32/h2-4,8-10,12-13,15,23H,5-7,11,14H2,1H3. The second-order valence-electron chi connectivity index (χ2n) is 10.1. The molecule has 4 aromatic rings. The van der Waals surface area contributed by atoms with Crippen molar-refractivity contribution in [1.29, 1.82) is 0 Å². The lowest BCUT2D eigenvalue weighted by Crippen LogP contribution is -2.21. The van der Waals surface area contributed by atoms with Crippen LogP contribution in [0.2, 0.25) is 10.0 Å². The number of methoxy groups -OCH3 is 1. The average molecular weight is 619 g/mol. The number of halogens is 5. The van der Waals surface area contributed by atoms with Gasteiger partial charge in [0.1, 0.15) is 29.9 Å². The van der Waals surface area contributed by atoms with Gasteiger partial charge in [-0.25, -0.2) is 9.78 Å². The topological polar surface area (TPSA) is 83.7 Å². The number of carbonyl (C=O) groups is 1. The Morgan fingerprint density at radius 1 is 1.07 bits per heavy atom. The Balaban J connectivity index is 1.27. The fourth-order valence-electron chi connectivity index (χ4n) is 5.07. The second kappa shape index (κ2) is 11.1. The Kier molecular flexibility index (Phi) is 7.53. The van der Waals surface area contributed by atoms with Gasteiger partial charge in [-0.3, -0.25) is 0 Å². The molecule has 0 N–H and O–H groups in total. The molecule has 0 amide bonds. The van der Waals surface area contributed by atoms with E-state index in [0.29, 0.717) is 55.9 Å². The third kappa shape index (κ3) is 5.53. The fraction of sp³-hybridized carbons (Fsp3) is 0.300. The van der Waals surface area contributed by atoms with Crippen LogP contribution in [0.5, 0.6) is 11.6 Å². The molecule has 1 saturated carbocycles. The predicted octanol–water partition coefficient (Wildman–Crippen LogP) is 8.37. The summed E-state index contributed by atoms with van der Waals surface area (Å²) in [6.07, 6.45) is -3.19. The minimum Gasteiger partial charge on any atom is -0.485 e. The van der Waals surface area contributed by atoms with Crippen molar-refractivity contribution in [2.45, 2.75) is 50.5 Å². The number of hydrogen-bond acceptors (Lipinski definition) is 7. The molecule has 0 radical (unpaired) electrons. The summed E-state index contributed by atoms with van der Waals surface area (Å²) >= 11 is 12.8. The Bertz CT molecular complexity index is 1650. The van der Waals surface area contributed by atoms with Crippen LogP contribution in [0.25, 0.3) is 11.3 Å². The van der Waals surface area contributed by atoms with Gasteiger partial charge in [-0.1, -0.05) is 34.4 Å². The largest absolute Gasteiger partial charge is 0.485 e. The molecule has 42 heavy (non-hydrogen) atoms. The monoisotopic (exact) mass is 618 g/mol. The molecule has 0 spiro atoms. The van der Waals surface area contributed by atoms with Crippen LogP contribution in [-0.4, -0.2) is 23.2 Å². The molecule has 7 nitrogen and oxygen atoms in total. The Labute approximate surface area is 248 Å². The molecule has 1 fully saturated rings. The van der Waals surface area contributed by atoms with Gasteiger partial charge in [0.2, 0.25) is 5.88 Å². The predicted molar refractivity (Wildman–Crippen MR) is 147 cm³/mol. The zero-order valence-electron chi connectivity index (χ0n) is 22.1. The van der Waals surface area contributed by atoms with E-state index in [1.165, 1.54) is 25.3 Å². The van der Waals surface area contributed by atoms with E-state index in [2.05, 4.69) is 10.1 Å². The van der Waals surface area contributed by atoms with Crippen LogP contribution >= 0.6 is 23.2 Å². The Hall–Kier alpha value is -3.76. The minimum absolute atomic E-state index is 0.107. The third-order valence-electron chi connectivity index (χ3n) is 7.27. The molecule has 2 aliphatic rings. The van der Waals surface area contributed by atoms with Crippen molar-refractivity contribution >= 4 is 29.2 Å². The van der Waals surface area contributed by atoms with Crippen molar-refractivity contribution in [1.82, 2.24) is 10.1 Å². The van der Waals surface area contributed by atoms with Gasteiger partial charge in [0.25, 0.3) is 0 Å². The van der Waals surface area contributed by atoms with Crippen molar-refractivity contribution in [2.75, 3.05) is 7.11 Å². The molecule has 1 unspecified atom stereocenters. The highest BCUT2D eigenvalue weighted by Gasteiger charge is 2.40. The maximum atomic E-state index is 14.2. The Morgan fingerprint density at radius 2 is 1.83 bits per heavy atom. The molecule has 0 saturated heterocycles. The van der Waals surface area contributed by atoms with E-state index in [4.69, 9.17) is 41.9 Å². The molecular formula is C30H23Cl2F3N2O5. The van der Waals surface area contributed by atoms with Crippen LogP contribution in [0.4, 0.5) is 13.2 Å². The van der Waals surface area contributed by atoms with Crippen LogP contribution in [0.15, 0.2) is 53.1 Å². The molecule has 0 bridgehead atoms. The average Bonchev–Trinajstić information content (AvgIpc) is 3.74. The first kappa shape index (κ1) is 28.4. The van der Waals surface area contributed by atoms with E-state index in [1.807, 2.05) is 0 Å². The molecule has 1 aliphatic heterocycles. The highest BCUT2D eigenvalue weighted by Crippen LogP contribution is 2.46. The summed E-state index contributed by atoms with van der Waals surface area (Å²) < 4.78 is 64.8. The first-order chi connectivity index (χ1) is 20.1. The summed E-state index contributed by atoms with van der Waals surface area (Å²) in [5.41, 5.74) is 1.25. The normalized spacial score (nSPS) is 16.5. The van der Waals surface area contributed by atoms with Crippen LogP contribution < -0.4 is 9.47 Å². The first-order valence-corrected chi connectivity index (χ1v) is 13.9. The fourth-order valence-corrected chi connectivity index (χ4v) is 5.64. The molecule has 1 aliphatic carbocycles. The SMILES string of the molecule is COC(=O)c1ccc2c(c1)CCC(c1ccc(OCc3c(-c4c(Cl)cccc4Cl)noc3C3CC3)nc1C(F)(F)F)O2. The maximum absolute atomic E-state index is 14.2. The smallest absolute Gasteiger partial charge is 0.433 e. The number of esters is 1. The second-order valence-corrected chi connectivity index (χ2v) is 10.9. The van der Waals surface area contributed by atoms with E-state index in [-0.39, 0.29) is 30.4 Å². The van der Waals surface area contributed by atoms with Gasteiger partial charge in [0.15, 0.2) is 5.69 Å². The summed E-state index contributed by atoms with van der Waals surface area (Å²) in [5.74, 6) is 0.416. The van der Waals surface area contributed by atoms with E-state index in [1.54, 1.807) is 30.3 Å². The van der Waals surface area contributed by atoms with Crippen LogP contribution in [0, 0.1) is 0 Å². The number of fused-ring (bicyclic) bond motifs is 1. The number of benzene rings is 2. The van der Waals surface area contributed by atoms with Gasteiger partial charge >= 0.3 is 12.1 Å². The number of nitrogens with zero attached hydrogens (tertiary/aromatic N) is 2. The number of aryl methyl sites for hydroxylation is 1. The van der Waals surface area contributed by atoms with E-state index < -0.39 is 23.9 Å². The number of carbonyl (C=O) groups excluding carboxylic acids is 1. The summed E-state index contributed by atoms with van der Waals surface area (Å²) in [6, 6.07) is 12.4. The van der Waals surface area contributed by atoms with Gasteiger partial charge in [0.05, 0.1) is 28.3 Å². The minimum atomic E-state index is -4.76. The third-order valence-corrected chi connectivity index (χ3v) is 7.90. The van der Waals surface area contributed by atoms with Gasteiger partial charge in [-0.15, -0.1) is 0 Å². The maximum Gasteiger partial charge on any atom is 0.433 e. The zero-order valence-corrected chi connectivity index (χ0v) is 23.6. The molecule has 6 rings (SSSR count). The summed E-state index contributed by atoms with van der Waals surface area (Å²) in [4.78, 5) is 15.7. The number of aromatic nitrogens is 2. The lowest BCUT2D eigenvalue weighted by atomic mass is 9.95. The van der Waals surface area contributed by atoms with E-state index in [0.717, 1.165) is 12.8 Å². The van der Waals surface area contributed by atoms with Gasteiger partial charge in [-0.05, 0) is 67.6 Å². The summed E-state index contributed by atoms with van der Waals surface area (Å²) in [6.45, 7) is -0.147. The highest BCUT2D eigenvalue weighted by atomic mass is 35.5. The zero-order chi connectivity index (χ0) is 29.6. The van der Waals surface area contributed by atoms with Crippen molar-refractivity contribution in [3.05, 3.63) is 92.3 Å². The molecule has 2 aromatic carbocycles. The van der Waals surface area contributed by atoms with Gasteiger partial charge in [0, 0.05) is 23.1 Å². The molecule has 12 heteroatoms. The number of rotatable bonds is 7.